The van der Waals surface area contributed by atoms with Crippen molar-refractivity contribution < 1.29 is 4.74 Å². The Morgan fingerprint density at radius 2 is 1.84 bits per heavy atom. The first-order valence-electron chi connectivity index (χ1n) is 5.99. The molecule has 0 bridgehead atoms. The van der Waals surface area contributed by atoms with Crippen LogP contribution in [0.5, 0.6) is 5.75 Å². The summed E-state index contributed by atoms with van der Waals surface area (Å²) in [6, 6.07) is 13.1. The van der Waals surface area contributed by atoms with Crippen LogP contribution in [0.1, 0.15) is 24.1 Å². The summed E-state index contributed by atoms with van der Waals surface area (Å²) in [7, 11) is 0. The molecule has 2 N–H and O–H groups in total. The van der Waals surface area contributed by atoms with Crippen molar-refractivity contribution in [3.8, 4) is 5.75 Å². The Kier molecular flexibility index (Phi) is 4.70. The highest BCUT2D eigenvalue weighted by Crippen LogP contribution is 2.28. The Morgan fingerprint density at radius 1 is 1.11 bits per heavy atom. The summed E-state index contributed by atoms with van der Waals surface area (Å²) in [4.78, 5) is 0. The maximum atomic E-state index is 6.17. The molecule has 0 aliphatic heterocycles. The predicted molar refractivity (Wildman–Crippen MR) is 79.8 cm³/mol. The minimum absolute atomic E-state index is 0.0462. The maximum Gasteiger partial charge on any atom is 0.138 e. The van der Waals surface area contributed by atoms with E-state index in [1.165, 1.54) is 0 Å². The van der Waals surface area contributed by atoms with Crippen LogP contribution in [0.15, 0.2) is 42.5 Å². The predicted octanol–water partition coefficient (Wildman–Crippen LogP) is 4.59. The molecular formula is C15H15Cl2NO. The number of halogens is 2. The quantitative estimate of drug-likeness (QED) is 0.895. The van der Waals surface area contributed by atoms with Crippen LogP contribution in [0.2, 0.25) is 10.0 Å². The minimum atomic E-state index is -0.0462. The van der Waals surface area contributed by atoms with Gasteiger partial charge in [0.25, 0.3) is 0 Å². The van der Waals surface area contributed by atoms with Gasteiger partial charge in [0.05, 0.1) is 5.02 Å². The largest absolute Gasteiger partial charge is 0.487 e. The van der Waals surface area contributed by atoms with Gasteiger partial charge < -0.3 is 10.5 Å². The van der Waals surface area contributed by atoms with Crippen molar-refractivity contribution in [3.63, 3.8) is 0 Å². The van der Waals surface area contributed by atoms with Crippen molar-refractivity contribution in [3.05, 3.63) is 63.6 Å². The van der Waals surface area contributed by atoms with Gasteiger partial charge in [0.15, 0.2) is 0 Å². The van der Waals surface area contributed by atoms with E-state index in [2.05, 4.69) is 0 Å². The average molecular weight is 296 g/mol. The van der Waals surface area contributed by atoms with Crippen molar-refractivity contribution >= 4 is 23.2 Å². The fraction of sp³-hybridized carbons (Fsp3) is 0.200. The van der Waals surface area contributed by atoms with Crippen molar-refractivity contribution in [2.24, 2.45) is 5.73 Å². The fourth-order valence-electron chi connectivity index (χ4n) is 1.69. The van der Waals surface area contributed by atoms with E-state index in [0.29, 0.717) is 22.4 Å². The monoisotopic (exact) mass is 295 g/mol. The van der Waals surface area contributed by atoms with Gasteiger partial charge in [-0.25, -0.2) is 0 Å². The van der Waals surface area contributed by atoms with Crippen LogP contribution in [0.25, 0.3) is 0 Å². The smallest absolute Gasteiger partial charge is 0.138 e. The summed E-state index contributed by atoms with van der Waals surface area (Å²) in [6.07, 6.45) is 0. The summed E-state index contributed by atoms with van der Waals surface area (Å²) in [5, 5.41) is 1.24. The van der Waals surface area contributed by atoms with Gasteiger partial charge in [-0.3, -0.25) is 0 Å². The molecule has 0 amide bonds. The van der Waals surface area contributed by atoms with E-state index in [-0.39, 0.29) is 6.04 Å². The Hall–Kier alpha value is -1.22. The zero-order valence-electron chi connectivity index (χ0n) is 10.6. The normalized spacial score (nSPS) is 12.2. The molecule has 0 aliphatic rings. The fourth-order valence-corrected chi connectivity index (χ4v) is 2.12. The van der Waals surface area contributed by atoms with Crippen molar-refractivity contribution in [1.82, 2.24) is 0 Å². The lowest BCUT2D eigenvalue weighted by molar-refractivity contribution is 0.306. The second-order valence-corrected chi connectivity index (χ2v) is 5.17. The average Bonchev–Trinajstić information content (AvgIpc) is 2.39. The van der Waals surface area contributed by atoms with E-state index in [4.69, 9.17) is 33.7 Å². The molecule has 2 aromatic rings. The van der Waals surface area contributed by atoms with Crippen LogP contribution < -0.4 is 10.5 Å². The van der Waals surface area contributed by atoms with Crippen molar-refractivity contribution in [2.45, 2.75) is 19.6 Å². The highest BCUT2D eigenvalue weighted by atomic mass is 35.5. The molecule has 0 aromatic heterocycles. The molecule has 0 spiro atoms. The molecule has 0 unspecified atom stereocenters. The van der Waals surface area contributed by atoms with Crippen LogP contribution >= 0.6 is 23.2 Å². The topological polar surface area (TPSA) is 35.2 Å². The van der Waals surface area contributed by atoms with Gasteiger partial charge in [-0.15, -0.1) is 0 Å². The van der Waals surface area contributed by atoms with E-state index in [9.17, 15) is 0 Å². The Balaban J connectivity index is 2.10. The summed E-state index contributed by atoms with van der Waals surface area (Å²) in [5.41, 5.74) is 7.71. The molecular weight excluding hydrogens is 281 g/mol. The summed E-state index contributed by atoms with van der Waals surface area (Å²) in [6.45, 7) is 2.30. The van der Waals surface area contributed by atoms with E-state index < -0.39 is 0 Å². The first kappa shape index (κ1) is 14.2. The molecule has 4 heteroatoms. The maximum absolute atomic E-state index is 6.17. The highest BCUT2D eigenvalue weighted by molar-refractivity contribution is 6.32. The van der Waals surface area contributed by atoms with Crippen LogP contribution in [0, 0.1) is 0 Å². The molecule has 0 saturated heterocycles. The third-order valence-corrected chi connectivity index (χ3v) is 3.49. The zero-order valence-corrected chi connectivity index (χ0v) is 12.1. The first-order chi connectivity index (χ1) is 9.08. The number of hydrogen-bond donors (Lipinski definition) is 1. The van der Waals surface area contributed by atoms with Gasteiger partial charge in [-0.05, 0) is 30.7 Å². The number of rotatable bonds is 4. The third-order valence-electron chi connectivity index (χ3n) is 2.82. The number of hydrogen-bond acceptors (Lipinski definition) is 2. The molecule has 100 valence electrons. The van der Waals surface area contributed by atoms with Gasteiger partial charge in [0, 0.05) is 16.6 Å². The molecule has 0 heterocycles. The van der Waals surface area contributed by atoms with E-state index in [0.717, 1.165) is 11.1 Å². The molecule has 0 saturated carbocycles. The van der Waals surface area contributed by atoms with Crippen molar-refractivity contribution in [2.75, 3.05) is 0 Å². The van der Waals surface area contributed by atoms with E-state index >= 15 is 0 Å². The van der Waals surface area contributed by atoms with Gasteiger partial charge >= 0.3 is 0 Å². The molecule has 2 aromatic carbocycles. The Labute approximate surface area is 123 Å². The lowest BCUT2D eigenvalue weighted by Crippen LogP contribution is -2.05. The lowest BCUT2D eigenvalue weighted by Gasteiger charge is -2.12. The zero-order chi connectivity index (χ0) is 13.8. The second kappa shape index (κ2) is 6.29. The van der Waals surface area contributed by atoms with Crippen LogP contribution in [0.3, 0.4) is 0 Å². The third kappa shape index (κ3) is 3.63. The second-order valence-electron chi connectivity index (χ2n) is 4.36. The number of ether oxygens (including phenoxy) is 1. The van der Waals surface area contributed by atoms with Gasteiger partial charge in [-0.2, -0.15) is 0 Å². The molecule has 2 rings (SSSR count). The Bertz CT molecular complexity index is 570. The highest BCUT2D eigenvalue weighted by Gasteiger charge is 2.07. The summed E-state index contributed by atoms with van der Waals surface area (Å²) < 4.78 is 5.68. The Morgan fingerprint density at radius 3 is 2.47 bits per heavy atom. The van der Waals surface area contributed by atoms with Crippen molar-refractivity contribution in [1.29, 1.82) is 0 Å². The van der Waals surface area contributed by atoms with Gasteiger partial charge in [0.1, 0.15) is 12.4 Å². The molecule has 0 aliphatic carbocycles. The molecule has 0 radical (unpaired) electrons. The molecule has 2 nitrogen and oxygen atoms in total. The molecule has 1 atom stereocenters. The lowest BCUT2D eigenvalue weighted by atomic mass is 10.1. The van der Waals surface area contributed by atoms with Crippen LogP contribution in [-0.4, -0.2) is 0 Å². The number of benzene rings is 2. The molecule has 0 fully saturated rings. The number of nitrogens with two attached hydrogens (primary N) is 1. The summed E-state index contributed by atoms with van der Waals surface area (Å²) in [5.74, 6) is 0.631. The minimum Gasteiger partial charge on any atom is -0.487 e. The van der Waals surface area contributed by atoms with Gasteiger partial charge in [-0.1, -0.05) is 47.5 Å². The first-order valence-corrected chi connectivity index (χ1v) is 6.74. The van der Waals surface area contributed by atoms with Crippen LogP contribution in [-0.2, 0) is 6.61 Å². The van der Waals surface area contributed by atoms with E-state index in [1.54, 1.807) is 0 Å². The van der Waals surface area contributed by atoms with Gasteiger partial charge in [0.2, 0.25) is 0 Å². The van der Waals surface area contributed by atoms with Crippen LogP contribution in [0.4, 0.5) is 0 Å². The standard InChI is InChI=1S/C15H15Cl2NO/c1-10(18)11-6-7-15(14(17)8-11)19-9-12-4-2-3-5-13(12)16/h2-8,10H,9,18H2,1H3/t10-/m0/s1. The SMILES string of the molecule is C[C@H](N)c1ccc(OCc2ccccc2Cl)c(Cl)c1. The molecule has 19 heavy (non-hydrogen) atoms. The summed E-state index contributed by atoms with van der Waals surface area (Å²) >= 11 is 12.2. The van der Waals surface area contributed by atoms with E-state index in [1.807, 2.05) is 49.4 Å².